The Kier molecular flexibility index (Phi) is 5.47. The third kappa shape index (κ3) is 5.76. The third-order valence-electron chi connectivity index (χ3n) is 4.64. The van der Waals surface area contributed by atoms with Crippen molar-refractivity contribution in [3.8, 4) is 11.5 Å². The summed E-state index contributed by atoms with van der Waals surface area (Å²) >= 11 is 0. The number of halogens is 3. The lowest BCUT2D eigenvalue weighted by molar-refractivity contribution is -0.274. The van der Waals surface area contributed by atoms with E-state index in [2.05, 4.69) is 9.73 Å². The Labute approximate surface area is 166 Å². The van der Waals surface area contributed by atoms with Crippen LogP contribution in [0.4, 0.5) is 13.2 Å². The number of benzene rings is 2. The number of aliphatic imine (C=N–C) groups is 1. The van der Waals surface area contributed by atoms with Gasteiger partial charge < -0.3 is 14.2 Å². The Hall–Kier alpha value is -2.96. The van der Waals surface area contributed by atoms with Crippen LogP contribution in [0.3, 0.4) is 0 Å². The van der Waals surface area contributed by atoms with Gasteiger partial charge >= 0.3 is 6.36 Å². The molecule has 4 nitrogen and oxygen atoms in total. The van der Waals surface area contributed by atoms with Crippen LogP contribution in [0.1, 0.15) is 30.4 Å². The molecule has 0 spiro atoms. The third-order valence-corrected chi connectivity index (χ3v) is 4.64. The van der Waals surface area contributed by atoms with Crippen molar-refractivity contribution in [2.75, 3.05) is 13.2 Å². The molecule has 0 unspecified atom stereocenters. The van der Waals surface area contributed by atoms with Gasteiger partial charge in [-0.3, -0.25) is 0 Å². The second-order valence-corrected chi connectivity index (χ2v) is 7.06. The molecule has 2 aromatic carbocycles. The van der Waals surface area contributed by atoms with Crippen LogP contribution in [-0.2, 0) is 4.74 Å². The Morgan fingerprint density at radius 3 is 2.34 bits per heavy atom. The SMILES string of the molecule is FC(F)(F)Oc1ccc(/C=C2/COC(c3ccc(OCCC4CC4)cc3)=N2)cc1. The number of hydrogen-bond acceptors (Lipinski definition) is 4. The topological polar surface area (TPSA) is 40.0 Å². The van der Waals surface area contributed by atoms with Gasteiger partial charge in [-0.2, -0.15) is 0 Å². The monoisotopic (exact) mass is 403 g/mol. The Morgan fingerprint density at radius 2 is 1.69 bits per heavy atom. The first kappa shape index (κ1) is 19.4. The van der Waals surface area contributed by atoms with Crippen molar-refractivity contribution in [1.82, 2.24) is 0 Å². The maximum atomic E-state index is 12.2. The van der Waals surface area contributed by atoms with Gasteiger partial charge in [0.15, 0.2) is 0 Å². The first-order chi connectivity index (χ1) is 13.9. The maximum absolute atomic E-state index is 12.2. The molecule has 1 saturated carbocycles. The van der Waals surface area contributed by atoms with Gasteiger partial charge in [-0.05, 0) is 60.4 Å². The zero-order valence-electron chi connectivity index (χ0n) is 15.6. The van der Waals surface area contributed by atoms with Gasteiger partial charge in [0, 0.05) is 5.56 Å². The smallest absolute Gasteiger partial charge is 0.494 e. The fraction of sp³-hybridized carbons (Fsp3) is 0.318. The summed E-state index contributed by atoms with van der Waals surface area (Å²) in [7, 11) is 0. The minimum absolute atomic E-state index is 0.258. The number of ether oxygens (including phenoxy) is 3. The Bertz CT molecular complexity index is 898. The lowest BCUT2D eigenvalue weighted by atomic mass is 10.2. The van der Waals surface area contributed by atoms with Gasteiger partial charge in [0.1, 0.15) is 18.1 Å². The Balaban J connectivity index is 1.36. The lowest BCUT2D eigenvalue weighted by Crippen LogP contribution is -2.16. The van der Waals surface area contributed by atoms with E-state index in [-0.39, 0.29) is 5.75 Å². The van der Waals surface area contributed by atoms with E-state index >= 15 is 0 Å². The van der Waals surface area contributed by atoms with Crippen LogP contribution >= 0.6 is 0 Å². The standard InChI is InChI=1S/C22H20F3NO3/c23-22(24,25)29-20-7-3-16(4-8-20)13-18-14-28-21(26-18)17-5-9-19(10-6-17)27-12-11-15-1-2-15/h3-10,13,15H,1-2,11-12,14H2/b18-13-. The van der Waals surface area contributed by atoms with Gasteiger partial charge in [-0.15, -0.1) is 13.2 Å². The first-order valence-electron chi connectivity index (χ1n) is 9.46. The molecule has 0 aromatic heterocycles. The summed E-state index contributed by atoms with van der Waals surface area (Å²) in [5.41, 5.74) is 2.24. The predicted octanol–water partition coefficient (Wildman–Crippen LogP) is 5.58. The molecule has 0 saturated heterocycles. The summed E-state index contributed by atoms with van der Waals surface area (Å²) in [4.78, 5) is 4.46. The summed E-state index contributed by atoms with van der Waals surface area (Å²) in [6, 6.07) is 13.2. The van der Waals surface area contributed by atoms with Crippen LogP contribution in [0.25, 0.3) is 6.08 Å². The highest BCUT2D eigenvalue weighted by molar-refractivity contribution is 5.96. The van der Waals surface area contributed by atoms with E-state index in [1.54, 1.807) is 6.08 Å². The van der Waals surface area contributed by atoms with E-state index in [1.165, 1.54) is 37.1 Å². The van der Waals surface area contributed by atoms with Gasteiger partial charge in [0.2, 0.25) is 5.90 Å². The van der Waals surface area contributed by atoms with Crippen LogP contribution in [0.2, 0.25) is 0 Å². The van der Waals surface area contributed by atoms with Crippen molar-refractivity contribution in [2.45, 2.75) is 25.6 Å². The summed E-state index contributed by atoms with van der Waals surface area (Å²) in [5, 5.41) is 0. The molecule has 1 fully saturated rings. The van der Waals surface area contributed by atoms with Crippen LogP contribution < -0.4 is 9.47 Å². The van der Waals surface area contributed by atoms with Crippen LogP contribution in [-0.4, -0.2) is 25.5 Å². The van der Waals surface area contributed by atoms with Gasteiger partial charge in [0.05, 0.1) is 12.3 Å². The first-order valence-corrected chi connectivity index (χ1v) is 9.46. The summed E-state index contributed by atoms with van der Waals surface area (Å²) in [6.45, 7) is 1.04. The van der Waals surface area contributed by atoms with E-state index in [9.17, 15) is 13.2 Å². The quantitative estimate of drug-likeness (QED) is 0.606. The highest BCUT2D eigenvalue weighted by Gasteiger charge is 2.30. The summed E-state index contributed by atoms with van der Waals surface area (Å²) in [5.74, 6) is 1.92. The molecule has 0 radical (unpaired) electrons. The number of hydrogen-bond donors (Lipinski definition) is 0. The Morgan fingerprint density at radius 1 is 1.00 bits per heavy atom. The average molecular weight is 403 g/mol. The van der Waals surface area contributed by atoms with Crippen molar-refractivity contribution < 1.29 is 27.4 Å². The zero-order valence-corrected chi connectivity index (χ0v) is 15.6. The second kappa shape index (κ2) is 8.19. The molecule has 1 aliphatic carbocycles. The zero-order chi connectivity index (χ0) is 20.3. The second-order valence-electron chi connectivity index (χ2n) is 7.06. The molecule has 1 aliphatic heterocycles. The molecule has 2 aromatic rings. The molecule has 7 heteroatoms. The number of alkyl halides is 3. The summed E-state index contributed by atoms with van der Waals surface area (Å²) < 4.78 is 51.9. The van der Waals surface area contributed by atoms with Gasteiger partial charge in [-0.25, -0.2) is 4.99 Å². The molecular weight excluding hydrogens is 383 g/mol. The number of nitrogens with zero attached hydrogens (tertiary/aromatic N) is 1. The molecule has 2 aliphatic rings. The number of rotatable bonds is 7. The highest BCUT2D eigenvalue weighted by atomic mass is 19.4. The van der Waals surface area contributed by atoms with Crippen molar-refractivity contribution in [1.29, 1.82) is 0 Å². The highest BCUT2D eigenvalue weighted by Crippen LogP contribution is 2.32. The van der Waals surface area contributed by atoms with E-state index in [4.69, 9.17) is 9.47 Å². The van der Waals surface area contributed by atoms with Crippen LogP contribution in [0.15, 0.2) is 59.2 Å². The van der Waals surface area contributed by atoms with Crippen LogP contribution in [0, 0.1) is 5.92 Å². The molecule has 152 valence electrons. The molecule has 1 heterocycles. The van der Waals surface area contributed by atoms with Crippen molar-refractivity contribution >= 4 is 12.0 Å². The molecule has 0 bridgehead atoms. The van der Waals surface area contributed by atoms with Crippen molar-refractivity contribution in [3.63, 3.8) is 0 Å². The van der Waals surface area contributed by atoms with Gasteiger partial charge in [-0.1, -0.05) is 25.0 Å². The largest absolute Gasteiger partial charge is 0.573 e. The minimum atomic E-state index is -4.70. The molecule has 0 amide bonds. The minimum Gasteiger partial charge on any atom is -0.494 e. The maximum Gasteiger partial charge on any atom is 0.573 e. The average Bonchev–Trinajstić information content (AvgIpc) is 3.39. The molecular formula is C22H20F3NO3. The normalized spacial score (nSPS) is 17.8. The van der Waals surface area contributed by atoms with E-state index in [0.717, 1.165) is 30.3 Å². The molecule has 4 rings (SSSR count). The lowest BCUT2D eigenvalue weighted by Gasteiger charge is -2.08. The fourth-order valence-electron chi connectivity index (χ4n) is 2.96. The van der Waals surface area contributed by atoms with Crippen molar-refractivity contribution in [3.05, 3.63) is 65.4 Å². The fourth-order valence-corrected chi connectivity index (χ4v) is 2.96. The van der Waals surface area contributed by atoms with E-state index < -0.39 is 6.36 Å². The van der Waals surface area contributed by atoms with E-state index in [1.807, 2.05) is 24.3 Å². The van der Waals surface area contributed by atoms with Crippen LogP contribution in [0.5, 0.6) is 11.5 Å². The van der Waals surface area contributed by atoms with Gasteiger partial charge in [0.25, 0.3) is 0 Å². The predicted molar refractivity (Wildman–Crippen MR) is 103 cm³/mol. The van der Waals surface area contributed by atoms with Crippen molar-refractivity contribution in [2.24, 2.45) is 10.9 Å². The summed E-state index contributed by atoms with van der Waals surface area (Å²) in [6.07, 6.45) is 0.812. The van der Waals surface area contributed by atoms with E-state index in [0.29, 0.717) is 23.8 Å². The molecule has 0 atom stereocenters. The molecule has 29 heavy (non-hydrogen) atoms. The molecule has 0 N–H and O–H groups in total.